The topological polar surface area (TPSA) is 43.0 Å². The third-order valence-corrected chi connectivity index (χ3v) is 1.94. The molecule has 0 fully saturated rings. The molecule has 0 aliphatic rings. The van der Waals surface area contributed by atoms with Crippen LogP contribution in [0.15, 0.2) is 0 Å². The molecule has 92 valence electrons. The van der Waals surface area contributed by atoms with Crippen LogP contribution in [-0.2, 0) is 14.2 Å². The highest BCUT2D eigenvalue weighted by molar-refractivity contribution is 4.50. The predicted octanol–water partition coefficient (Wildman–Crippen LogP) is -0.227. The third kappa shape index (κ3) is 10.1. The molecule has 1 N–H and O–H groups in total. The molecule has 0 aliphatic heterocycles. The van der Waals surface area contributed by atoms with Crippen molar-refractivity contribution in [3.05, 3.63) is 0 Å². The molecule has 0 bridgehead atoms. The van der Waals surface area contributed by atoms with Gasteiger partial charge in [0.2, 0.25) is 0 Å². The van der Waals surface area contributed by atoms with Gasteiger partial charge >= 0.3 is 0 Å². The van der Waals surface area contributed by atoms with Crippen LogP contribution in [0.2, 0.25) is 0 Å². The van der Waals surface area contributed by atoms with Gasteiger partial charge < -0.3 is 24.4 Å². The molecular weight excluding hydrogens is 196 g/mol. The zero-order chi connectivity index (χ0) is 11.5. The Balaban J connectivity index is 3.10. The molecule has 0 heterocycles. The fraction of sp³-hybridized carbons (Fsp3) is 1.00. The number of methoxy groups -OCH3 is 2. The van der Waals surface area contributed by atoms with Crippen molar-refractivity contribution in [3.8, 4) is 0 Å². The lowest BCUT2D eigenvalue weighted by Gasteiger charge is -2.14. The monoisotopic (exact) mass is 220 g/mol. The van der Waals surface area contributed by atoms with Crippen molar-refractivity contribution >= 4 is 0 Å². The maximum atomic E-state index is 5.41. The lowest BCUT2D eigenvalue weighted by atomic mass is 10.5. The standard InChI is InChI=1S/C10H24N2O3/c1-12(2)6-8-15-7-5-11-9-10(13-3)14-4/h10-11H,5-9H2,1-4H3. The van der Waals surface area contributed by atoms with Gasteiger partial charge in [0, 0.05) is 33.9 Å². The lowest BCUT2D eigenvalue weighted by Crippen LogP contribution is -2.32. The molecule has 0 aromatic carbocycles. The van der Waals surface area contributed by atoms with E-state index in [9.17, 15) is 0 Å². The summed E-state index contributed by atoms with van der Waals surface area (Å²) in [5.41, 5.74) is 0. The number of hydrogen-bond donors (Lipinski definition) is 1. The van der Waals surface area contributed by atoms with E-state index < -0.39 is 0 Å². The first kappa shape index (κ1) is 14.8. The van der Waals surface area contributed by atoms with Gasteiger partial charge in [0.15, 0.2) is 6.29 Å². The summed E-state index contributed by atoms with van der Waals surface area (Å²) in [6.07, 6.45) is -0.174. The maximum Gasteiger partial charge on any atom is 0.169 e. The number of ether oxygens (including phenoxy) is 3. The van der Waals surface area contributed by atoms with Crippen LogP contribution < -0.4 is 5.32 Å². The Kier molecular flexibility index (Phi) is 10.2. The average molecular weight is 220 g/mol. The summed E-state index contributed by atoms with van der Waals surface area (Å²) in [7, 11) is 7.32. The number of nitrogens with zero attached hydrogens (tertiary/aromatic N) is 1. The van der Waals surface area contributed by atoms with Gasteiger partial charge in [-0.2, -0.15) is 0 Å². The SMILES string of the molecule is COC(CNCCOCCN(C)C)OC. The van der Waals surface area contributed by atoms with Crippen LogP contribution in [0.1, 0.15) is 0 Å². The molecule has 0 radical (unpaired) electrons. The zero-order valence-electron chi connectivity index (χ0n) is 10.3. The van der Waals surface area contributed by atoms with Crippen LogP contribution in [0.25, 0.3) is 0 Å². The molecule has 0 spiro atoms. The van der Waals surface area contributed by atoms with Gasteiger partial charge in [-0.15, -0.1) is 0 Å². The first-order valence-electron chi connectivity index (χ1n) is 5.19. The van der Waals surface area contributed by atoms with E-state index in [1.54, 1.807) is 14.2 Å². The molecule has 0 saturated heterocycles. The van der Waals surface area contributed by atoms with Crippen molar-refractivity contribution in [2.75, 3.05) is 61.2 Å². The number of hydrogen-bond acceptors (Lipinski definition) is 5. The van der Waals surface area contributed by atoms with E-state index in [1.165, 1.54) is 0 Å². The van der Waals surface area contributed by atoms with E-state index >= 15 is 0 Å². The van der Waals surface area contributed by atoms with Gasteiger partial charge in [0.25, 0.3) is 0 Å². The van der Waals surface area contributed by atoms with Crippen LogP contribution in [-0.4, -0.2) is 72.4 Å². The van der Waals surface area contributed by atoms with Crippen molar-refractivity contribution in [3.63, 3.8) is 0 Å². The number of rotatable bonds is 10. The van der Waals surface area contributed by atoms with Gasteiger partial charge in [0.05, 0.1) is 13.2 Å². The van der Waals surface area contributed by atoms with E-state index in [2.05, 4.69) is 10.2 Å². The van der Waals surface area contributed by atoms with Crippen LogP contribution in [0.3, 0.4) is 0 Å². The molecule has 0 amide bonds. The molecule has 5 heteroatoms. The largest absolute Gasteiger partial charge is 0.379 e. The van der Waals surface area contributed by atoms with Gasteiger partial charge in [-0.3, -0.25) is 0 Å². The van der Waals surface area contributed by atoms with Crippen molar-refractivity contribution in [2.24, 2.45) is 0 Å². The molecule has 0 atom stereocenters. The summed E-state index contributed by atoms with van der Waals surface area (Å²) >= 11 is 0. The lowest BCUT2D eigenvalue weighted by molar-refractivity contribution is -0.0990. The van der Waals surface area contributed by atoms with Gasteiger partial charge in [-0.25, -0.2) is 0 Å². The molecule has 0 unspecified atom stereocenters. The highest BCUT2D eigenvalue weighted by atomic mass is 16.7. The highest BCUT2D eigenvalue weighted by Crippen LogP contribution is 1.86. The van der Waals surface area contributed by atoms with Crippen molar-refractivity contribution in [1.29, 1.82) is 0 Å². The van der Waals surface area contributed by atoms with Gasteiger partial charge in [-0.05, 0) is 14.1 Å². The predicted molar refractivity (Wildman–Crippen MR) is 60.0 cm³/mol. The Morgan fingerprint density at radius 2 is 1.80 bits per heavy atom. The summed E-state index contributed by atoms with van der Waals surface area (Å²) in [5.74, 6) is 0. The Morgan fingerprint density at radius 3 is 2.33 bits per heavy atom. The summed E-state index contributed by atoms with van der Waals surface area (Å²) in [6.45, 7) is 3.94. The molecular formula is C10H24N2O3. The van der Waals surface area contributed by atoms with Crippen molar-refractivity contribution in [2.45, 2.75) is 6.29 Å². The van der Waals surface area contributed by atoms with E-state index in [0.29, 0.717) is 13.2 Å². The first-order valence-corrected chi connectivity index (χ1v) is 5.19. The number of nitrogens with one attached hydrogen (secondary N) is 1. The van der Waals surface area contributed by atoms with E-state index in [0.717, 1.165) is 19.7 Å². The molecule has 0 rings (SSSR count). The fourth-order valence-corrected chi connectivity index (χ4v) is 0.976. The minimum absolute atomic E-state index is 0.174. The summed E-state index contributed by atoms with van der Waals surface area (Å²) in [6, 6.07) is 0. The van der Waals surface area contributed by atoms with E-state index in [4.69, 9.17) is 14.2 Å². The Hall–Kier alpha value is -0.200. The minimum Gasteiger partial charge on any atom is -0.379 e. The van der Waals surface area contributed by atoms with E-state index in [1.807, 2.05) is 14.1 Å². The molecule has 15 heavy (non-hydrogen) atoms. The zero-order valence-corrected chi connectivity index (χ0v) is 10.3. The second-order valence-corrected chi connectivity index (χ2v) is 3.52. The second kappa shape index (κ2) is 10.3. The summed E-state index contributed by atoms with van der Waals surface area (Å²) < 4.78 is 15.5. The Labute approximate surface area is 92.7 Å². The summed E-state index contributed by atoms with van der Waals surface area (Å²) in [5, 5.41) is 3.19. The summed E-state index contributed by atoms with van der Waals surface area (Å²) in [4.78, 5) is 2.10. The molecule has 0 aromatic rings. The van der Waals surface area contributed by atoms with Crippen LogP contribution in [0, 0.1) is 0 Å². The maximum absolute atomic E-state index is 5.41. The molecule has 0 aromatic heterocycles. The molecule has 0 aliphatic carbocycles. The van der Waals surface area contributed by atoms with Crippen LogP contribution in [0.4, 0.5) is 0 Å². The second-order valence-electron chi connectivity index (χ2n) is 3.52. The first-order chi connectivity index (χ1) is 7.20. The smallest absolute Gasteiger partial charge is 0.169 e. The quantitative estimate of drug-likeness (QED) is 0.407. The minimum atomic E-state index is -0.174. The van der Waals surface area contributed by atoms with Crippen LogP contribution >= 0.6 is 0 Å². The van der Waals surface area contributed by atoms with Crippen LogP contribution in [0.5, 0.6) is 0 Å². The molecule has 5 nitrogen and oxygen atoms in total. The Morgan fingerprint density at radius 1 is 1.13 bits per heavy atom. The van der Waals surface area contributed by atoms with Crippen molar-refractivity contribution < 1.29 is 14.2 Å². The van der Waals surface area contributed by atoms with Gasteiger partial charge in [-0.1, -0.05) is 0 Å². The normalized spacial score (nSPS) is 11.6. The average Bonchev–Trinajstić information content (AvgIpc) is 2.22. The van der Waals surface area contributed by atoms with Gasteiger partial charge in [0.1, 0.15) is 0 Å². The number of likely N-dealkylation sites (N-methyl/N-ethyl adjacent to an activating group) is 1. The van der Waals surface area contributed by atoms with Crippen molar-refractivity contribution in [1.82, 2.24) is 10.2 Å². The Bertz CT molecular complexity index is 130. The molecule has 0 saturated carbocycles. The highest BCUT2D eigenvalue weighted by Gasteiger charge is 2.02. The fourth-order valence-electron chi connectivity index (χ4n) is 0.976. The third-order valence-electron chi connectivity index (χ3n) is 1.94. The van der Waals surface area contributed by atoms with E-state index in [-0.39, 0.29) is 6.29 Å².